The molecule has 0 atom stereocenters. The second-order valence-corrected chi connectivity index (χ2v) is 1.82. The fourth-order valence-corrected chi connectivity index (χ4v) is 0.343. The summed E-state index contributed by atoms with van der Waals surface area (Å²) in [5.41, 5.74) is 0. The van der Waals surface area contributed by atoms with Crippen molar-refractivity contribution in [3.63, 3.8) is 0 Å². The van der Waals surface area contributed by atoms with Gasteiger partial charge in [0.15, 0.2) is 0 Å². The number of allylic oxidation sites excluding steroid dienone is 1. The van der Waals surface area contributed by atoms with E-state index in [0.717, 1.165) is 6.08 Å². The molecule has 2 nitrogen and oxygen atoms in total. The van der Waals surface area contributed by atoms with Crippen molar-refractivity contribution in [2.24, 2.45) is 0 Å². The lowest BCUT2D eigenvalue weighted by atomic mass is 10.5. The average Bonchev–Trinajstić information content (AvgIpc) is 1.65. The number of rotatable bonds is 2. The van der Waals surface area contributed by atoms with E-state index in [1.807, 2.05) is 0 Å². The molecule has 0 fully saturated rings. The third kappa shape index (κ3) is 3.96. The summed E-state index contributed by atoms with van der Waals surface area (Å²) < 4.78 is 0. The number of hydrogen-bond donors (Lipinski definition) is 1. The Morgan fingerprint density at radius 1 is 1.75 bits per heavy atom. The van der Waals surface area contributed by atoms with Crippen LogP contribution in [0.3, 0.4) is 0 Å². The SMILES string of the molecule is O=C(O)/C=C(/Cl)CCl. The molecule has 0 aromatic heterocycles. The lowest BCUT2D eigenvalue weighted by molar-refractivity contribution is -0.131. The van der Waals surface area contributed by atoms with Gasteiger partial charge in [0.2, 0.25) is 0 Å². The van der Waals surface area contributed by atoms with Crippen molar-refractivity contribution in [1.82, 2.24) is 0 Å². The zero-order chi connectivity index (χ0) is 6.57. The minimum absolute atomic E-state index is 0.0495. The minimum Gasteiger partial charge on any atom is -0.478 e. The van der Waals surface area contributed by atoms with Crippen LogP contribution in [0.2, 0.25) is 0 Å². The summed E-state index contributed by atoms with van der Waals surface area (Å²) in [6, 6.07) is 0. The van der Waals surface area contributed by atoms with E-state index in [0.29, 0.717) is 0 Å². The molecule has 0 unspecified atom stereocenters. The van der Waals surface area contributed by atoms with Crippen LogP contribution in [0.5, 0.6) is 0 Å². The molecule has 0 aliphatic carbocycles. The van der Waals surface area contributed by atoms with Crippen molar-refractivity contribution in [3.8, 4) is 0 Å². The highest BCUT2D eigenvalue weighted by atomic mass is 35.5. The molecule has 0 amide bonds. The van der Waals surface area contributed by atoms with E-state index in [-0.39, 0.29) is 10.9 Å². The minimum atomic E-state index is -1.07. The molecule has 0 saturated heterocycles. The first-order valence-corrected chi connectivity index (χ1v) is 2.73. The van der Waals surface area contributed by atoms with Crippen LogP contribution in [0.25, 0.3) is 0 Å². The third-order valence-electron chi connectivity index (χ3n) is 0.408. The molecule has 0 radical (unpaired) electrons. The number of alkyl halides is 1. The summed E-state index contributed by atoms with van der Waals surface area (Å²) in [7, 11) is 0. The predicted octanol–water partition coefficient (Wildman–Crippen LogP) is 1.43. The van der Waals surface area contributed by atoms with Crippen molar-refractivity contribution in [2.45, 2.75) is 0 Å². The molecule has 1 N–H and O–H groups in total. The lowest BCUT2D eigenvalue weighted by Gasteiger charge is -1.83. The molecule has 0 saturated carbocycles. The van der Waals surface area contributed by atoms with Gasteiger partial charge in [0.1, 0.15) is 0 Å². The Hall–Kier alpha value is -0.210. The number of carbonyl (C=O) groups is 1. The Labute approximate surface area is 56.7 Å². The number of hydrogen-bond acceptors (Lipinski definition) is 1. The molecule has 0 bridgehead atoms. The molecule has 8 heavy (non-hydrogen) atoms. The summed E-state index contributed by atoms with van der Waals surface area (Å²) in [6.07, 6.45) is 0.856. The van der Waals surface area contributed by atoms with Gasteiger partial charge in [-0.3, -0.25) is 0 Å². The predicted molar refractivity (Wildman–Crippen MR) is 32.3 cm³/mol. The van der Waals surface area contributed by atoms with Crippen LogP contribution < -0.4 is 0 Å². The standard InChI is InChI=1S/C4H4Cl2O2/c5-2-3(6)1-4(7)8/h1H,2H2,(H,7,8)/b3-1+. The second kappa shape index (κ2) is 3.75. The lowest BCUT2D eigenvalue weighted by Crippen LogP contribution is -1.88. The average molecular weight is 155 g/mol. The maximum atomic E-state index is 9.75. The molecular weight excluding hydrogens is 151 g/mol. The van der Waals surface area contributed by atoms with Crippen LogP contribution >= 0.6 is 23.2 Å². The highest BCUT2D eigenvalue weighted by Crippen LogP contribution is 2.01. The van der Waals surface area contributed by atoms with E-state index in [1.54, 1.807) is 0 Å². The van der Waals surface area contributed by atoms with Crippen LogP contribution in [0, 0.1) is 0 Å². The number of carboxylic acids is 1. The maximum Gasteiger partial charge on any atom is 0.329 e. The fourth-order valence-electron chi connectivity index (χ4n) is 0.173. The van der Waals surface area contributed by atoms with Gasteiger partial charge < -0.3 is 5.11 Å². The molecule has 0 rings (SSSR count). The van der Waals surface area contributed by atoms with Gasteiger partial charge in [0.25, 0.3) is 0 Å². The maximum absolute atomic E-state index is 9.75. The molecule has 46 valence electrons. The van der Waals surface area contributed by atoms with E-state index in [2.05, 4.69) is 0 Å². The Kier molecular flexibility index (Phi) is 3.65. The van der Waals surface area contributed by atoms with Crippen LogP contribution in [-0.2, 0) is 4.79 Å². The van der Waals surface area contributed by atoms with E-state index in [9.17, 15) is 4.79 Å². The summed E-state index contributed by atoms with van der Waals surface area (Å²) >= 11 is 10.3. The van der Waals surface area contributed by atoms with E-state index in [4.69, 9.17) is 28.3 Å². The first-order chi connectivity index (χ1) is 3.66. The largest absolute Gasteiger partial charge is 0.478 e. The van der Waals surface area contributed by atoms with Crippen molar-refractivity contribution in [1.29, 1.82) is 0 Å². The fraction of sp³-hybridized carbons (Fsp3) is 0.250. The summed E-state index contributed by atoms with van der Waals surface area (Å²) in [4.78, 5) is 9.75. The van der Waals surface area contributed by atoms with Gasteiger partial charge in [-0.05, 0) is 0 Å². The Balaban J connectivity index is 3.75. The first-order valence-electron chi connectivity index (χ1n) is 1.81. The molecule has 0 heterocycles. The van der Waals surface area contributed by atoms with Gasteiger partial charge in [-0.15, -0.1) is 11.6 Å². The second-order valence-electron chi connectivity index (χ2n) is 1.06. The van der Waals surface area contributed by atoms with E-state index in [1.165, 1.54) is 0 Å². The monoisotopic (exact) mass is 154 g/mol. The van der Waals surface area contributed by atoms with Gasteiger partial charge in [0, 0.05) is 11.1 Å². The zero-order valence-corrected chi connectivity index (χ0v) is 5.41. The van der Waals surface area contributed by atoms with Crippen LogP contribution in [0.15, 0.2) is 11.1 Å². The summed E-state index contributed by atoms with van der Waals surface area (Å²) in [6.45, 7) is 0. The van der Waals surface area contributed by atoms with Crippen molar-refractivity contribution in [3.05, 3.63) is 11.1 Å². The topological polar surface area (TPSA) is 37.3 Å². The summed E-state index contributed by atoms with van der Waals surface area (Å²) in [5.74, 6) is -1.02. The van der Waals surface area contributed by atoms with Gasteiger partial charge in [0.05, 0.1) is 5.88 Å². The normalized spacial score (nSPS) is 11.5. The molecule has 0 aliphatic heterocycles. The smallest absolute Gasteiger partial charge is 0.329 e. The van der Waals surface area contributed by atoms with Gasteiger partial charge in [-0.25, -0.2) is 4.79 Å². The quantitative estimate of drug-likeness (QED) is 0.483. The van der Waals surface area contributed by atoms with Crippen molar-refractivity contribution < 1.29 is 9.90 Å². The highest BCUT2D eigenvalue weighted by Gasteiger charge is 1.91. The molecular formula is C4H4Cl2O2. The summed E-state index contributed by atoms with van der Waals surface area (Å²) in [5, 5.41) is 8.13. The molecule has 0 spiro atoms. The number of halogens is 2. The Morgan fingerprint density at radius 2 is 2.25 bits per heavy atom. The van der Waals surface area contributed by atoms with E-state index < -0.39 is 5.97 Å². The van der Waals surface area contributed by atoms with Crippen molar-refractivity contribution in [2.75, 3.05) is 5.88 Å². The number of carboxylic acid groups (broad SMARTS) is 1. The number of aliphatic carboxylic acids is 1. The van der Waals surface area contributed by atoms with E-state index >= 15 is 0 Å². The first kappa shape index (κ1) is 7.79. The molecule has 0 aromatic rings. The van der Waals surface area contributed by atoms with Gasteiger partial charge in [-0.1, -0.05) is 11.6 Å². The van der Waals surface area contributed by atoms with Crippen molar-refractivity contribution >= 4 is 29.2 Å². The van der Waals surface area contributed by atoms with Crippen LogP contribution in [0.4, 0.5) is 0 Å². The van der Waals surface area contributed by atoms with Gasteiger partial charge >= 0.3 is 5.97 Å². The van der Waals surface area contributed by atoms with Crippen LogP contribution in [-0.4, -0.2) is 17.0 Å². The molecule has 4 heteroatoms. The Morgan fingerprint density at radius 3 is 2.38 bits per heavy atom. The molecule has 0 aliphatic rings. The third-order valence-corrected chi connectivity index (χ3v) is 1.08. The Bertz CT molecular complexity index is 119. The van der Waals surface area contributed by atoms with Crippen LogP contribution in [0.1, 0.15) is 0 Å². The molecule has 0 aromatic carbocycles. The van der Waals surface area contributed by atoms with Gasteiger partial charge in [-0.2, -0.15) is 0 Å². The highest BCUT2D eigenvalue weighted by molar-refractivity contribution is 6.36. The zero-order valence-electron chi connectivity index (χ0n) is 3.90.